The van der Waals surface area contributed by atoms with E-state index in [9.17, 15) is 4.79 Å². The molecule has 1 aromatic heterocycles. The van der Waals surface area contributed by atoms with Crippen molar-refractivity contribution >= 4 is 44.2 Å². The highest BCUT2D eigenvalue weighted by Gasteiger charge is 2.25. The third-order valence-corrected chi connectivity index (χ3v) is 4.74. The van der Waals surface area contributed by atoms with Gasteiger partial charge in [0.2, 0.25) is 5.91 Å². The number of thiazole rings is 1. The number of piperidine rings is 1. The predicted molar refractivity (Wildman–Crippen MR) is 83.4 cm³/mol. The summed E-state index contributed by atoms with van der Waals surface area (Å²) in [7, 11) is 0. The molecule has 0 bridgehead atoms. The van der Waals surface area contributed by atoms with E-state index in [0.717, 1.165) is 29.6 Å². The summed E-state index contributed by atoms with van der Waals surface area (Å²) in [6.45, 7) is 3.01. The number of rotatable bonds is 2. The lowest BCUT2D eigenvalue weighted by molar-refractivity contribution is -0.120. The zero-order chi connectivity index (χ0) is 14.1. The van der Waals surface area contributed by atoms with Crippen LogP contribution in [0.25, 0.3) is 10.2 Å². The molecule has 1 saturated heterocycles. The van der Waals surface area contributed by atoms with Gasteiger partial charge in [-0.1, -0.05) is 22.9 Å². The van der Waals surface area contributed by atoms with Gasteiger partial charge in [-0.3, -0.25) is 4.79 Å². The molecule has 4 nitrogen and oxygen atoms in total. The Morgan fingerprint density at radius 3 is 3.20 bits per heavy atom. The maximum atomic E-state index is 12.3. The molecule has 20 heavy (non-hydrogen) atoms. The standard InChI is InChI=1S/C14H16ClN3OS/c1-8-6-9(4-5-16-8)13(19)18-14-17-11-3-2-10(15)7-12(11)20-14/h2-3,7-9,16H,4-6H2,1H3,(H,17,18,19). The van der Waals surface area contributed by atoms with Crippen molar-refractivity contribution in [2.24, 2.45) is 5.92 Å². The molecule has 2 N–H and O–H groups in total. The SMILES string of the molecule is CC1CC(C(=O)Nc2nc3ccc(Cl)cc3s2)CCN1. The van der Waals surface area contributed by atoms with Crippen LogP contribution < -0.4 is 10.6 Å². The lowest BCUT2D eigenvalue weighted by atomic mass is 9.93. The molecule has 2 unspecified atom stereocenters. The van der Waals surface area contributed by atoms with Gasteiger partial charge in [-0.15, -0.1) is 0 Å². The number of halogens is 1. The van der Waals surface area contributed by atoms with Gasteiger partial charge in [-0.25, -0.2) is 4.98 Å². The minimum atomic E-state index is 0.0712. The molecular formula is C14H16ClN3OS. The third-order valence-electron chi connectivity index (χ3n) is 3.58. The van der Waals surface area contributed by atoms with Crippen molar-refractivity contribution < 1.29 is 4.79 Å². The molecule has 1 amide bonds. The van der Waals surface area contributed by atoms with E-state index in [1.807, 2.05) is 18.2 Å². The summed E-state index contributed by atoms with van der Waals surface area (Å²) in [5, 5.41) is 7.63. The molecule has 0 radical (unpaired) electrons. The number of amides is 1. The van der Waals surface area contributed by atoms with Crippen molar-refractivity contribution in [3.8, 4) is 0 Å². The first-order chi connectivity index (χ1) is 9.61. The van der Waals surface area contributed by atoms with E-state index >= 15 is 0 Å². The predicted octanol–water partition coefficient (Wildman–Crippen LogP) is 3.28. The van der Waals surface area contributed by atoms with Gasteiger partial charge >= 0.3 is 0 Å². The molecule has 2 heterocycles. The number of aromatic nitrogens is 1. The Morgan fingerprint density at radius 1 is 1.55 bits per heavy atom. The highest BCUT2D eigenvalue weighted by Crippen LogP contribution is 2.29. The van der Waals surface area contributed by atoms with Gasteiger partial charge in [0.1, 0.15) is 0 Å². The van der Waals surface area contributed by atoms with E-state index in [0.29, 0.717) is 16.2 Å². The summed E-state index contributed by atoms with van der Waals surface area (Å²) in [5.41, 5.74) is 0.869. The Kier molecular flexibility index (Phi) is 3.92. The van der Waals surface area contributed by atoms with Crippen molar-refractivity contribution in [2.75, 3.05) is 11.9 Å². The van der Waals surface area contributed by atoms with Crippen LogP contribution in [0.4, 0.5) is 5.13 Å². The summed E-state index contributed by atoms with van der Waals surface area (Å²) in [4.78, 5) is 16.7. The summed E-state index contributed by atoms with van der Waals surface area (Å²) in [5.74, 6) is 0.144. The minimum Gasteiger partial charge on any atom is -0.314 e. The molecule has 0 saturated carbocycles. The summed E-state index contributed by atoms with van der Waals surface area (Å²) in [6.07, 6.45) is 1.76. The molecule has 0 spiro atoms. The molecular weight excluding hydrogens is 294 g/mol. The molecule has 106 valence electrons. The number of nitrogens with one attached hydrogen (secondary N) is 2. The zero-order valence-corrected chi connectivity index (χ0v) is 12.7. The van der Waals surface area contributed by atoms with Crippen LogP contribution in [0.15, 0.2) is 18.2 Å². The van der Waals surface area contributed by atoms with Crippen molar-refractivity contribution in [1.82, 2.24) is 10.3 Å². The largest absolute Gasteiger partial charge is 0.314 e. The first kappa shape index (κ1) is 13.8. The lowest BCUT2D eigenvalue weighted by Gasteiger charge is -2.26. The van der Waals surface area contributed by atoms with E-state index in [4.69, 9.17) is 11.6 Å². The van der Waals surface area contributed by atoms with E-state index in [-0.39, 0.29) is 11.8 Å². The maximum absolute atomic E-state index is 12.3. The summed E-state index contributed by atoms with van der Waals surface area (Å²) in [6, 6.07) is 5.95. The highest BCUT2D eigenvalue weighted by molar-refractivity contribution is 7.22. The Hall–Kier alpha value is -1.17. The van der Waals surface area contributed by atoms with Crippen molar-refractivity contribution in [1.29, 1.82) is 0 Å². The average Bonchev–Trinajstić information content (AvgIpc) is 2.80. The van der Waals surface area contributed by atoms with E-state index in [1.165, 1.54) is 11.3 Å². The molecule has 1 aliphatic rings. The quantitative estimate of drug-likeness (QED) is 0.895. The van der Waals surface area contributed by atoms with Crippen LogP contribution in [0, 0.1) is 5.92 Å². The third kappa shape index (κ3) is 2.95. The Labute approximate surface area is 126 Å². The zero-order valence-electron chi connectivity index (χ0n) is 11.1. The van der Waals surface area contributed by atoms with Crippen LogP contribution in [-0.4, -0.2) is 23.5 Å². The van der Waals surface area contributed by atoms with Gasteiger partial charge in [-0.05, 0) is 44.5 Å². The van der Waals surface area contributed by atoms with Gasteiger partial charge in [0.05, 0.1) is 10.2 Å². The number of carbonyl (C=O) groups is 1. The van der Waals surface area contributed by atoms with Crippen LogP contribution in [0.3, 0.4) is 0 Å². The van der Waals surface area contributed by atoms with Crippen LogP contribution in [0.1, 0.15) is 19.8 Å². The van der Waals surface area contributed by atoms with Crippen molar-refractivity contribution in [2.45, 2.75) is 25.8 Å². The second-order valence-corrected chi connectivity index (χ2v) is 6.66. The normalized spacial score (nSPS) is 22.9. The molecule has 2 atom stereocenters. The lowest BCUT2D eigenvalue weighted by Crippen LogP contribution is -2.40. The number of hydrogen-bond acceptors (Lipinski definition) is 4. The van der Waals surface area contributed by atoms with Gasteiger partial charge in [0, 0.05) is 17.0 Å². The fourth-order valence-electron chi connectivity index (χ4n) is 2.53. The van der Waals surface area contributed by atoms with Gasteiger partial charge in [-0.2, -0.15) is 0 Å². The Balaban J connectivity index is 1.73. The molecule has 2 aromatic rings. The number of fused-ring (bicyclic) bond motifs is 1. The monoisotopic (exact) mass is 309 g/mol. The van der Waals surface area contributed by atoms with E-state index < -0.39 is 0 Å². The molecule has 1 aliphatic heterocycles. The summed E-state index contributed by atoms with van der Waals surface area (Å²) < 4.78 is 0.992. The molecule has 1 fully saturated rings. The molecule has 1 aromatic carbocycles. The maximum Gasteiger partial charge on any atom is 0.229 e. The van der Waals surface area contributed by atoms with Crippen LogP contribution in [-0.2, 0) is 4.79 Å². The second-order valence-electron chi connectivity index (χ2n) is 5.20. The minimum absolute atomic E-state index is 0.0712. The summed E-state index contributed by atoms with van der Waals surface area (Å²) >= 11 is 7.42. The second kappa shape index (κ2) is 5.68. The first-order valence-corrected chi connectivity index (χ1v) is 7.91. The average molecular weight is 310 g/mol. The van der Waals surface area contributed by atoms with E-state index in [2.05, 4.69) is 22.5 Å². The Morgan fingerprint density at radius 2 is 2.40 bits per heavy atom. The van der Waals surface area contributed by atoms with Gasteiger partial charge < -0.3 is 10.6 Å². The fraction of sp³-hybridized carbons (Fsp3) is 0.429. The van der Waals surface area contributed by atoms with Crippen molar-refractivity contribution in [3.05, 3.63) is 23.2 Å². The number of benzene rings is 1. The van der Waals surface area contributed by atoms with E-state index in [1.54, 1.807) is 0 Å². The molecule has 0 aliphatic carbocycles. The van der Waals surface area contributed by atoms with Gasteiger partial charge in [0.25, 0.3) is 0 Å². The number of hydrogen-bond donors (Lipinski definition) is 2. The number of anilines is 1. The van der Waals surface area contributed by atoms with Crippen LogP contribution in [0.2, 0.25) is 5.02 Å². The smallest absolute Gasteiger partial charge is 0.229 e. The fourth-order valence-corrected chi connectivity index (χ4v) is 3.67. The van der Waals surface area contributed by atoms with Gasteiger partial charge in [0.15, 0.2) is 5.13 Å². The molecule has 6 heteroatoms. The van der Waals surface area contributed by atoms with Crippen molar-refractivity contribution in [3.63, 3.8) is 0 Å². The topological polar surface area (TPSA) is 54.0 Å². The number of nitrogens with zero attached hydrogens (tertiary/aromatic N) is 1. The van der Waals surface area contributed by atoms with Crippen LogP contribution in [0.5, 0.6) is 0 Å². The van der Waals surface area contributed by atoms with Crippen LogP contribution >= 0.6 is 22.9 Å². The first-order valence-electron chi connectivity index (χ1n) is 6.72. The number of carbonyl (C=O) groups excluding carboxylic acids is 1. The Bertz CT molecular complexity index is 642. The molecule has 3 rings (SSSR count). The highest BCUT2D eigenvalue weighted by atomic mass is 35.5.